The lowest BCUT2D eigenvalue weighted by atomic mass is 10.1. The molecule has 0 aliphatic rings. The van der Waals surface area contributed by atoms with Gasteiger partial charge in [-0.25, -0.2) is 0 Å². The molecule has 0 aliphatic carbocycles. The Balaban J connectivity index is 0. The number of hydrogen-bond acceptors (Lipinski definition) is 3. The first-order valence-electron chi connectivity index (χ1n) is 4.47. The summed E-state index contributed by atoms with van der Waals surface area (Å²) in [5, 5.41) is 8.31. The fraction of sp³-hybridized carbons (Fsp3) is 0.778. The number of rotatable bonds is 5. The van der Waals surface area contributed by atoms with E-state index in [-0.39, 0.29) is 17.5 Å². The highest BCUT2D eigenvalue weighted by Crippen LogP contribution is 2.01. The molecule has 0 radical (unpaired) electrons. The maximum absolute atomic E-state index is 10.1. The van der Waals surface area contributed by atoms with Gasteiger partial charge in [0, 0.05) is 0 Å². The van der Waals surface area contributed by atoms with Gasteiger partial charge in [0.2, 0.25) is 0 Å². The minimum atomic E-state index is -0.913. The lowest BCUT2D eigenvalue weighted by Crippen LogP contribution is -2.31. The molecule has 0 saturated carbocycles. The molecule has 3 N–H and O–H groups in total. The summed E-state index contributed by atoms with van der Waals surface area (Å²) in [6.07, 6.45) is 0.551. The molecule has 0 aromatic carbocycles. The molecule has 0 bridgehead atoms. The van der Waals surface area contributed by atoms with Crippen molar-refractivity contribution in [2.24, 2.45) is 11.7 Å². The Hall–Kier alpha value is -0.320. The molecule has 6 heteroatoms. The molecule has 0 heterocycles. The second-order valence-electron chi connectivity index (χ2n) is 3.38. The maximum atomic E-state index is 10.1. The summed E-state index contributed by atoms with van der Waals surface area (Å²) in [4.78, 5) is 20.0. The van der Waals surface area contributed by atoms with Crippen LogP contribution in [0.1, 0.15) is 20.3 Å². The van der Waals surface area contributed by atoms with Gasteiger partial charge in [-0.1, -0.05) is 13.8 Å². The van der Waals surface area contributed by atoms with Crippen LogP contribution in [0.3, 0.4) is 0 Å². The van der Waals surface area contributed by atoms with Crippen molar-refractivity contribution in [3.63, 3.8) is 0 Å². The van der Waals surface area contributed by atoms with Crippen LogP contribution in [0.2, 0.25) is 0 Å². The summed E-state index contributed by atoms with van der Waals surface area (Å²) in [7, 11) is 0. The first-order valence-corrected chi connectivity index (χ1v) is 5.54. The second-order valence-corrected chi connectivity index (χ2v) is 3.91. The Bertz CT molecular complexity index is 192. The van der Waals surface area contributed by atoms with Gasteiger partial charge in [0.15, 0.2) is 5.78 Å². The van der Waals surface area contributed by atoms with Crippen molar-refractivity contribution < 1.29 is 14.7 Å². The zero-order valence-corrected chi connectivity index (χ0v) is 10.4. The van der Waals surface area contributed by atoms with Crippen molar-refractivity contribution in [3.05, 3.63) is 0 Å². The van der Waals surface area contributed by atoms with Crippen molar-refractivity contribution in [1.29, 1.82) is 0 Å². The number of carbonyl (C=O) groups excluding carboxylic acids is 1. The van der Waals surface area contributed by atoms with Crippen LogP contribution >= 0.6 is 23.2 Å². The van der Waals surface area contributed by atoms with Gasteiger partial charge in [-0.15, -0.1) is 23.2 Å². The minimum Gasteiger partial charge on any atom is -0.480 e. The molecule has 15 heavy (non-hydrogen) atoms. The van der Waals surface area contributed by atoms with Crippen molar-refractivity contribution in [2.45, 2.75) is 26.3 Å². The quantitative estimate of drug-likeness (QED) is 0.732. The van der Waals surface area contributed by atoms with E-state index >= 15 is 0 Å². The molecule has 0 amide bonds. The Labute approximate surface area is 99.7 Å². The van der Waals surface area contributed by atoms with Gasteiger partial charge in [0.05, 0.1) is 11.8 Å². The third-order valence-electron chi connectivity index (χ3n) is 1.34. The predicted molar refractivity (Wildman–Crippen MR) is 61.5 cm³/mol. The Morgan fingerprint density at radius 1 is 1.27 bits per heavy atom. The lowest BCUT2D eigenvalue weighted by molar-refractivity contribution is -0.138. The monoisotopic (exact) mass is 257 g/mol. The van der Waals surface area contributed by atoms with Gasteiger partial charge in [-0.05, 0) is 12.3 Å². The summed E-state index contributed by atoms with van der Waals surface area (Å²) < 4.78 is 0. The van der Waals surface area contributed by atoms with Crippen molar-refractivity contribution in [1.82, 2.24) is 0 Å². The minimum absolute atomic E-state index is 0.0312. The zero-order chi connectivity index (χ0) is 12.4. The molecule has 0 spiro atoms. The van der Waals surface area contributed by atoms with Crippen molar-refractivity contribution in [2.75, 3.05) is 11.8 Å². The number of carboxylic acid groups (broad SMARTS) is 1. The second kappa shape index (κ2) is 10.2. The van der Waals surface area contributed by atoms with Crippen LogP contribution < -0.4 is 5.73 Å². The van der Waals surface area contributed by atoms with Crippen LogP contribution in [0.4, 0.5) is 0 Å². The van der Waals surface area contributed by atoms with Gasteiger partial charge in [0.1, 0.15) is 6.04 Å². The molecule has 0 unspecified atom stereocenters. The van der Waals surface area contributed by atoms with Crippen molar-refractivity contribution >= 4 is 35.0 Å². The Kier molecular flexibility index (Phi) is 11.6. The highest BCUT2D eigenvalue weighted by Gasteiger charge is 2.11. The van der Waals surface area contributed by atoms with E-state index in [4.69, 9.17) is 34.0 Å². The topological polar surface area (TPSA) is 80.4 Å². The smallest absolute Gasteiger partial charge is 0.320 e. The number of ketones is 1. The molecule has 90 valence electrons. The number of alkyl halides is 2. The first-order chi connectivity index (χ1) is 6.84. The number of aliphatic carboxylic acids is 1. The van der Waals surface area contributed by atoms with Crippen LogP contribution in [0.15, 0.2) is 0 Å². The molecular weight excluding hydrogens is 241 g/mol. The maximum Gasteiger partial charge on any atom is 0.320 e. The summed E-state index contributed by atoms with van der Waals surface area (Å²) in [6, 6.07) is -0.690. The molecule has 0 rings (SSSR count). The molecule has 0 fully saturated rings. The SMILES string of the molecule is CC(C)C[C@H](N)C(=O)O.O=C(CCl)CCl. The first kappa shape index (κ1) is 17.1. The molecule has 0 aromatic rings. The highest BCUT2D eigenvalue weighted by molar-refractivity contribution is 6.35. The summed E-state index contributed by atoms with van der Waals surface area (Å²) in [5.41, 5.74) is 5.22. The normalized spacial score (nSPS) is 11.6. The average molecular weight is 258 g/mol. The third kappa shape index (κ3) is 13.7. The number of carbonyl (C=O) groups is 2. The zero-order valence-electron chi connectivity index (χ0n) is 8.87. The van der Waals surface area contributed by atoms with Crippen LogP contribution in [0.25, 0.3) is 0 Å². The number of carboxylic acids is 1. The van der Waals surface area contributed by atoms with E-state index in [1.54, 1.807) is 0 Å². The van der Waals surface area contributed by atoms with E-state index in [2.05, 4.69) is 0 Å². The van der Waals surface area contributed by atoms with E-state index in [9.17, 15) is 9.59 Å². The van der Waals surface area contributed by atoms with Gasteiger partial charge in [-0.3, -0.25) is 9.59 Å². The number of Topliss-reactive ketones (excluding diaryl/α,β-unsaturated/α-hetero) is 1. The average Bonchev–Trinajstić information content (AvgIpc) is 2.16. The van der Waals surface area contributed by atoms with Crippen LogP contribution in [0, 0.1) is 5.92 Å². The van der Waals surface area contributed by atoms with Gasteiger partial charge in [-0.2, -0.15) is 0 Å². The summed E-state index contributed by atoms with van der Waals surface area (Å²) in [5.74, 6) is -0.620. The van der Waals surface area contributed by atoms with Crippen LogP contribution in [0.5, 0.6) is 0 Å². The van der Waals surface area contributed by atoms with E-state index in [1.807, 2.05) is 13.8 Å². The number of nitrogens with two attached hydrogens (primary N) is 1. The van der Waals surface area contributed by atoms with Gasteiger partial charge < -0.3 is 10.8 Å². The Morgan fingerprint density at radius 3 is 1.73 bits per heavy atom. The molecular formula is C9H17Cl2NO3. The third-order valence-corrected chi connectivity index (χ3v) is 1.94. The van der Waals surface area contributed by atoms with E-state index < -0.39 is 12.0 Å². The highest BCUT2D eigenvalue weighted by atomic mass is 35.5. The molecule has 1 atom stereocenters. The number of halogens is 2. The predicted octanol–water partition coefficient (Wildman–Crippen LogP) is 1.48. The molecule has 0 aliphatic heterocycles. The lowest BCUT2D eigenvalue weighted by Gasteiger charge is -2.07. The Morgan fingerprint density at radius 2 is 1.67 bits per heavy atom. The van der Waals surface area contributed by atoms with Gasteiger partial charge in [0.25, 0.3) is 0 Å². The van der Waals surface area contributed by atoms with E-state index in [0.717, 1.165) is 0 Å². The molecule has 0 saturated heterocycles. The summed E-state index contributed by atoms with van der Waals surface area (Å²) >= 11 is 10.0. The summed E-state index contributed by atoms with van der Waals surface area (Å²) in [6.45, 7) is 3.89. The van der Waals surface area contributed by atoms with Crippen LogP contribution in [-0.4, -0.2) is 34.7 Å². The fourth-order valence-electron chi connectivity index (χ4n) is 0.644. The van der Waals surface area contributed by atoms with Gasteiger partial charge >= 0.3 is 5.97 Å². The standard InChI is InChI=1S/C6H13NO2.C3H4Cl2O/c1-4(2)3-5(7)6(8)9;4-1-3(6)2-5/h4-5H,3,7H2,1-2H3,(H,8,9);1-2H2/t5-;/m0./s1. The molecule has 0 aromatic heterocycles. The van der Waals surface area contributed by atoms with E-state index in [0.29, 0.717) is 12.3 Å². The number of hydrogen-bond donors (Lipinski definition) is 2. The van der Waals surface area contributed by atoms with E-state index in [1.165, 1.54) is 0 Å². The fourth-order valence-corrected chi connectivity index (χ4v) is 0.930. The largest absolute Gasteiger partial charge is 0.480 e. The van der Waals surface area contributed by atoms with Crippen molar-refractivity contribution in [3.8, 4) is 0 Å². The molecule has 4 nitrogen and oxygen atoms in total. The van der Waals surface area contributed by atoms with Crippen LogP contribution in [-0.2, 0) is 9.59 Å².